The Morgan fingerprint density at radius 2 is 1.79 bits per heavy atom. The fourth-order valence-corrected chi connectivity index (χ4v) is 4.96. The Morgan fingerprint density at radius 1 is 1.04 bits per heavy atom. The van der Waals surface area contributed by atoms with Gasteiger partial charge in [0, 0.05) is 46.4 Å². The molecule has 3 saturated heterocycles. The Bertz CT molecular complexity index is 463. The molecule has 0 aromatic heterocycles. The molecule has 0 aliphatic carbocycles. The average molecular weight is 508 g/mol. The van der Waals surface area contributed by atoms with E-state index >= 15 is 0 Å². The SMILES string of the molecule is CN=C(NCCCCN1CC(C)CC(C)C1)N1CCOC(C2CCCO2)C1.I. The van der Waals surface area contributed by atoms with Crippen LogP contribution in [0.25, 0.3) is 0 Å². The van der Waals surface area contributed by atoms with Crippen LogP contribution in [0.15, 0.2) is 4.99 Å². The minimum atomic E-state index is 0. The van der Waals surface area contributed by atoms with Crippen molar-refractivity contribution in [2.45, 2.75) is 58.2 Å². The Labute approximate surface area is 188 Å². The van der Waals surface area contributed by atoms with Crippen molar-refractivity contribution < 1.29 is 9.47 Å². The number of halogens is 1. The molecular weight excluding hydrogens is 467 g/mol. The fraction of sp³-hybridized carbons (Fsp3) is 0.952. The summed E-state index contributed by atoms with van der Waals surface area (Å²) in [5.41, 5.74) is 0. The van der Waals surface area contributed by atoms with Crippen molar-refractivity contribution in [3.63, 3.8) is 0 Å². The number of guanidine groups is 1. The first-order chi connectivity index (χ1) is 13.2. The molecule has 0 spiro atoms. The first kappa shape index (κ1) is 24.2. The Morgan fingerprint density at radius 3 is 2.46 bits per heavy atom. The molecule has 7 heteroatoms. The predicted molar refractivity (Wildman–Crippen MR) is 126 cm³/mol. The van der Waals surface area contributed by atoms with Crippen LogP contribution >= 0.6 is 24.0 Å². The third-order valence-corrected chi connectivity index (χ3v) is 6.11. The summed E-state index contributed by atoms with van der Waals surface area (Å²) in [7, 11) is 1.88. The second-order valence-electron chi connectivity index (χ2n) is 8.79. The van der Waals surface area contributed by atoms with Gasteiger partial charge in [0.25, 0.3) is 0 Å². The van der Waals surface area contributed by atoms with Crippen molar-refractivity contribution >= 4 is 29.9 Å². The van der Waals surface area contributed by atoms with E-state index in [4.69, 9.17) is 9.47 Å². The summed E-state index contributed by atoms with van der Waals surface area (Å²) in [5, 5.41) is 3.57. The molecule has 0 aromatic carbocycles. The highest BCUT2D eigenvalue weighted by Gasteiger charge is 2.32. The van der Waals surface area contributed by atoms with Gasteiger partial charge in [0.15, 0.2) is 5.96 Å². The average Bonchev–Trinajstić information content (AvgIpc) is 3.19. The van der Waals surface area contributed by atoms with Gasteiger partial charge < -0.3 is 24.6 Å². The number of morpholine rings is 1. The molecule has 0 saturated carbocycles. The maximum atomic E-state index is 5.96. The second kappa shape index (κ2) is 12.5. The van der Waals surface area contributed by atoms with Crippen LogP contribution < -0.4 is 5.32 Å². The van der Waals surface area contributed by atoms with Crippen molar-refractivity contribution in [3.8, 4) is 0 Å². The molecule has 3 fully saturated rings. The highest BCUT2D eigenvalue weighted by atomic mass is 127. The highest BCUT2D eigenvalue weighted by Crippen LogP contribution is 2.22. The number of hydrogen-bond donors (Lipinski definition) is 1. The Kier molecular flexibility index (Phi) is 10.8. The molecule has 4 atom stereocenters. The summed E-state index contributed by atoms with van der Waals surface area (Å²) in [5.74, 6) is 2.72. The van der Waals surface area contributed by atoms with Gasteiger partial charge >= 0.3 is 0 Å². The zero-order valence-electron chi connectivity index (χ0n) is 18.1. The van der Waals surface area contributed by atoms with Crippen LogP contribution in [0.1, 0.15) is 46.0 Å². The number of hydrogen-bond acceptors (Lipinski definition) is 4. The summed E-state index contributed by atoms with van der Waals surface area (Å²) in [4.78, 5) is 9.50. The van der Waals surface area contributed by atoms with E-state index in [1.807, 2.05) is 7.05 Å². The van der Waals surface area contributed by atoms with Gasteiger partial charge in [0.05, 0.1) is 12.7 Å². The van der Waals surface area contributed by atoms with Gasteiger partial charge in [-0.3, -0.25) is 4.99 Å². The van der Waals surface area contributed by atoms with Crippen LogP contribution in [0.4, 0.5) is 0 Å². The summed E-state index contributed by atoms with van der Waals surface area (Å²) in [6.07, 6.45) is 6.57. The van der Waals surface area contributed by atoms with E-state index in [1.54, 1.807) is 0 Å². The molecule has 28 heavy (non-hydrogen) atoms. The van der Waals surface area contributed by atoms with E-state index in [2.05, 4.69) is 34.0 Å². The number of likely N-dealkylation sites (tertiary alicyclic amines) is 1. The second-order valence-corrected chi connectivity index (χ2v) is 8.79. The molecule has 164 valence electrons. The monoisotopic (exact) mass is 508 g/mol. The first-order valence-corrected chi connectivity index (χ1v) is 11.1. The molecule has 0 bridgehead atoms. The predicted octanol–water partition coefficient (Wildman–Crippen LogP) is 2.82. The number of aliphatic imine (C=N–C) groups is 1. The van der Waals surface area contributed by atoms with E-state index in [9.17, 15) is 0 Å². The van der Waals surface area contributed by atoms with Crippen LogP contribution in [0.3, 0.4) is 0 Å². The minimum absolute atomic E-state index is 0. The lowest BCUT2D eigenvalue weighted by Crippen LogP contribution is -2.53. The molecule has 6 nitrogen and oxygen atoms in total. The van der Waals surface area contributed by atoms with Gasteiger partial charge in [0.1, 0.15) is 6.10 Å². The summed E-state index contributed by atoms with van der Waals surface area (Å²) >= 11 is 0. The number of nitrogens with one attached hydrogen (secondary N) is 1. The largest absolute Gasteiger partial charge is 0.375 e. The molecule has 3 heterocycles. The lowest BCUT2D eigenvalue weighted by atomic mass is 9.92. The van der Waals surface area contributed by atoms with Crippen LogP contribution in [-0.4, -0.2) is 87.5 Å². The third-order valence-electron chi connectivity index (χ3n) is 6.11. The molecular formula is C21H41IN4O2. The van der Waals surface area contributed by atoms with E-state index in [0.717, 1.165) is 63.5 Å². The number of rotatable bonds is 6. The van der Waals surface area contributed by atoms with Gasteiger partial charge in [-0.2, -0.15) is 0 Å². The third kappa shape index (κ3) is 7.29. The first-order valence-electron chi connectivity index (χ1n) is 11.1. The lowest BCUT2D eigenvalue weighted by Gasteiger charge is -2.37. The molecule has 0 amide bonds. The van der Waals surface area contributed by atoms with Crippen molar-refractivity contribution in [1.82, 2.24) is 15.1 Å². The van der Waals surface area contributed by atoms with Crippen LogP contribution in [0.5, 0.6) is 0 Å². The maximum absolute atomic E-state index is 5.96. The summed E-state index contributed by atoms with van der Waals surface area (Å²) < 4.78 is 11.8. The maximum Gasteiger partial charge on any atom is 0.193 e. The molecule has 0 radical (unpaired) electrons. The molecule has 3 rings (SSSR count). The minimum Gasteiger partial charge on any atom is -0.375 e. The standard InChI is InChI=1S/C21H40N4O2.HI/c1-17-13-18(2)15-24(14-17)9-5-4-8-23-21(22-3)25-10-12-27-20(16-25)19-7-6-11-26-19;/h17-20H,4-16H2,1-3H3,(H,22,23);1H. The lowest BCUT2D eigenvalue weighted by molar-refractivity contribution is -0.0816. The number of nitrogens with zero attached hydrogens (tertiary/aromatic N) is 3. The fourth-order valence-electron chi connectivity index (χ4n) is 4.96. The quantitative estimate of drug-likeness (QED) is 0.259. The Balaban J connectivity index is 0.00000280. The molecule has 3 aliphatic heterocycles. The van der Waals surface area contributed by atoms with Crippen molar-refractivity contribution in [1.29, 1.82) is 0 Å². The molecule has 0 aromatic rings. The van der Waals surface area contributed by atoms with E-state index in [1.165, 1.54) is 38.9 Å². The van der Waals surface area contributed by atoms with Crippen molar-refractivity contribution in [2.24, 2.45) is 16.8 Å². The zero-order valence-corrected chi connectivity index (χ0v) is 20.4. The number of ether oxygens (including phenoxy) is 2. The normalized spacial score (nSPS) is 32.2. The van der Waals surface area contributed by atoms with Crippen molar-refractivity contribution in [2.75, 3.05) is 59.5 Å². The van der Waals surface area contributed by atoms with Gasteiger partial charge in [-0.15, -0.1) is 24.0 Å². The van der Waals surface area contributed by atoms with Crippen molar-refractivity contribution in [3.05, 3.63) is 0 Å². The number of unbranched alkanes of at least 4 members (excludes halogenated alkanes) is 1. The molecule has 1 N–H and O–H groups in total. The van der Waals surface area contributed by atoms with E-state index in [0.29, 0.717) is 0 Å². The molecule has 3 aliphatic rings. The zero-order chi connectivity index (χ0) is 19.1. The van der Waals surface area contributed by atoms with Gasteiger partial charge in [0.2, 0.25) is 0 Å². The highest BCUT2D eigenvalue weighted by molar-refractivity contribution is 14.0. The van der Waals surface area contributed by atoms with Gasteiger partial charge in [-0.1, -0.05) is 13.8 Å². The molecule has 4 unspecified atom stereocenters. The Hall–Kier alpha value is -0.120. The summed E-state index contributed by atoms with van der Waals surface area (Å²) in [6, 6.07) is 0. The van der Waals surface area contributed by atoms with E-state index in [-0.39, 0.29) is 36.2 Å². The van der Waals surface area contributed by atoms with Gasteiger partial charge in [-0.25, -0.2) is 0 Å². The van der Waals surface area contributed by atoms with Crippen LogP contribution in [0, 0.1) is 11.8 Å². The summed E-state index contributed by atoms with van der Waals surface area (Å²) in [6.45, 7) is 13.0. The topological polar surface area (TPSA) is 49.3 Å². The van der Waals surface area contributed by atoms with Crippen LogP contribution in [0.2, 0.25) is 0 Å². The van der Waals surface area contributed by atoms with E-state index < -0.39 is 0 Å². The van der Waals surface area contributed by atoms with Gasteiger partial charge in [-0.05, 0) is 50.5 Å². The van der Waals surface area contributed by atoms with Crippen LogP contribution in [-0.2, 0) is 9.47 Å². The smallest absolute Gasteiger partial charge is 0.193 e. The number of piperidine rings is 1.